The molecule has 5 heteroatoms. The van der Waals surface area contributed by atoms with Crippen LogP contribution >= 0.6 is 0 Å². The predicted molar refractivity (Wildman–Crippen MR) is 106 cm³/mol. The number of para-hydroxylation sites is 2. The maximum atomic E-state index is 5.72. The molecule has 2 aliphatic rings. The Balaban J connectivity index is 1.57. The van der Waals surface area contributed by atoms with Crippen molar-refractivity contribution in [2.75, 3.05) is 56.7 Å². The van der Waals surface area contributed by atoms with Gasteiger partial charge in [-0.15, -0.1) is 0 Å². The van der Waals surface area contributed by atoms with Crippen LogP contribution in [0.3, 0.4) is 0 Å². The second-order valence-corrected chi connectivity index (χ2v) is 6.83. The topological polar surface area (TPSA) is 37.0 Å². The van der Waals surface area contributed by atoms with Crippen molar-refractivity contribution in [1.82, 2.24) is 5.32 Å². The molecule has 2 aromatic carbocycles. The van der Waals surface area contributed by atoms with Gasteiger partial charge in [0.2, 0.25) is 0 Å². The summed E-state index contributed by atoms with van der Waals surface area (Å²) in [7, 11) is 3.52. The van der Waals surface area contributed by atoms with Crippen LogP contribution in [0.2, 0.25) is 0 Å². The summed E-state index contributed by atoms with van der Waals surface area (Å²) in [5.41, 5.74) is 5.33. The SMILES string of the molecule is COc1ccccc1N1CCN(c2c(OC)ccc3c2CCNC3)CC1. The Morgan fingerprint density at radius 2 is 1.58 bits per heavy atom. The van der Waals surface area contributed by atoms with Gasteiger partial charge in [-0.3, -0.25) is 0 Å². The lowest BCUT2D eigenvalue weighted by Gasteiger charge is -2.39. The van der Waals surface area contributed by atoms with E-state index in [0.29, 0.717) is 0 Å². The lowest BCUT2D eigenvalue weighted by atomic mass is 9.97. The minimum atomic E-state index is 0.946. The van der Waals surface area contributed by atoms with Crippen LogP contribution < -0.4 is 24.6 Å². The molecule has 0 aromatic heterocycles. The van der Waals surface area contributed by atoms with Gasteiger partial charge >= 0.3 is 0 Å². The molecule has 1 saturated heterocycles. The van der Waals surface area contributed by atoms with Crippen molar-refractivity contribution in [1.29, 1.82) is 0 Å². The first-order valence-electron chi connectivity index (χ1n) is 9.34. The molecular formula is C21H27N3O2. The Hall–Kier alpha value is -2.40. The maximum Gasteiger partial charge on any atom is 0.142 e. The van der Waals surface area contributed by atoms with Crippen LogP contribution in [-0.2, 0) is 13.0 Å². The van der Waals surface area contributed by atoms with E-state index in [-0.39, 0.29) is 0 Å². The average molecular weight is 353 g/mol. The van der Waals surface area contributed by atoms with Gasteiger partial charge in [0, 0.05) is 32.7 Å². The van der Waals surface area contributed by atoms with E-state index < -0.39 is 0 Å². The van der Waals surface area contributed by atoms with E-state index in [1.165, 1.54) is 22.5 Å². The highest BCUT2D eigenvalue weighted by Crippen LogP contribution is 2.37. The van der Waals surface area contributed by atoms with Crippen LogP contribution in [0.5, 0.6) is 11.5 Å². The highest BCUT2D eigenvalue weighted by molar-refractivity contribution is 5.68. The zero-order chi connectivity index (χ0) is 17.9. The third-order valence-electron chi connectivity index (χ3n) is 5.45. The molecule has 0 radical (unpaired) electrons. The molecule has 2 heterocycles. The summed E-state index contributed by atoms with van der Waals surface area (Å²) in [6.07, 6.45) is 1.06. The summed E-state index contributed by atoms with van der Waals surface area (Å²) in [6.45, 7) is 5.91. The van der Waals surface area contributed by atoms with Crippen LogP contribution in [0.25, 0.3) is 0 Å². The minimum absolute atomic E-state index is 0.946. The number of benzene rings is 2. The van der Waals surface area contributed by atoms with Crippen molar-refractivity contribution >= 4 is 11.4 Å². The molecule has 0 spiro atoms. The van der Waals surface area contributed by atoms with Crippen LogP contribution in [0.15, 0.2) is 36.4 Å². The fraction of sp³-hybridized carbons (Fsp3) is 0.429. The molecule has 26 heavy (non-hydrogen) atoms. The van der Waals surface area contributed by atoms with Gasteiger partial charge < -0.3 is 24.6 Å². The molecule has 138 valence electrons. The summed E-state index contributed by atoms with van der Waals surface area (Å²) in [6, 6.07) is 12.6. The number of methoxy groups -OCH3 is 2. The molecule has 0 bridgehead atoms. The number of ether oxygens (including phenoxy) is 2. The number of hydrogen-bond acceptors (Lipinski definition) is 5. The van der Waals surface area contributed by atoms with Crippen LogP contribution in [0.1, 0.15) is 11.1 Å². The smallest absolute Gasteiger partial charge is 0.142 e. The minimum Gasteiger partial charge on any atom is -0.495 e. The van der Waals surface area contributed by atoms with Gasteiger partial charge in [0.25, 0.3) is 0 Å². The van der Waals surface area contributed by atoms with Crippen molar-refractivity contribution in [3.8, 4) is 11.5 Å². The molecule has 0 unspecified atom stereocenters. The molecule has 1 fully saturated rings. The van der Waals surface area contributed by atoms with E-state index in [4.69, 9.17) is 9.47 Å². The fourth-order valence-electron chi connectivity index (χ4n) is 4.11. The Kier molecular flexibility index (Phi) is 4.89. The summed E-state index contributed by atoms with van der Waals surface area (Å²) in [5, 5.41) is 3.47. The van der Waals surface area contributed by atoms with Crippen molar-refractivity contribution in [2.45, 2.75) is 13.0 Å². The van der Waals surface area contributed by atoms with Crippen molar-refractivity contribution in [2.24, 2.45) is 0 Å². The molecular weight excluding hydrogens is 326 g/mol. The number of nitrogens with zero attached hydrogens (tertiary/aromatic N) is 2. The van der Waals surface area contributed by atoms with Gasteiger partial charge in [0.05, 0.1) is 25.6 Å². The third kappa shape index (κ3) is 3.07. The van der Waals surface area contributed by atoms with Gasteiger partial charge in [0.1, 0.15) is 11.5 Å². The molecule has 0 saturated carbocycles. The zero-order valence-corrected chi connectivity index (χ0v) is 15.6. The zero-order valence-electron chi connectivity index (χ0n) is 15.6. The molecule has 4 rings (SSSR count). The van der Waals surface area contributed by atoms with Gasteiger partial charge in [-0.05, 0) is 42.3 Å². The van der Waals surface area contributed by atoms with Crippen LogP contribution in [0.4, 0.5) is 11.4 Å². The second kappa shape index (κ2) is 7.46. The van der Waals surface area contributed by atoms with Gasteiger partial charge in [-0.2, -0.15) is 0 Å². The molecule has 0 aliphatic carbocycles. The monoisotopic (exact) mass is 353 g/mol. The maximum absolute atomic E-state index is 5.72. The molecule has 0 atom stereocenters. The van der Waals surface area contributed by atoms with Crippen LogP contribution in [-0.4, -0.2) is 46.9 Å². The first kappa shape index (κ1) is 17.0. The first-order chi connectivity index (χ1) is 12.8. The average Bonchev–Trinajstić information content (AvgIpc) is 2.73. The van der Waals surface area contributed by atoms with E-state index in [1.807, 2.05) is 12.1 Å². The molecule has 2 aromatic rings. The number of fused-ring (bicyclic) bond motifs is 1. The highest BCUT2D eigenvalue weighted by Gasteiger charge is 2.25. The third-order valence-corrected chi connectivity index (χ3v) is 5.45. The summed E-state index contributed by atoms with van der Waals surface area (Å²) in [5.74, 6) is 1.94. The predicted octanol–water partition coefficient (Wildman–Crippen LogP) is 2.68. The first-order valence-corrected chi connectivity index (χ1v) is 9.34. The van der Waals surface area contributed by atoms with E-state index in [1.54, 1.807) is 14.2 Å². The number of anilines is 2. The Morgan fingerprint density at radius 3 is 2.35 bits per heavy atom. The quantitative estimate of drug-likeness (QED) is 0.915. The lowest BCUT2D eigenvalue weighted by Crippen LogP contribution is -2.47. The normalized spacial score (nSPS) is 17.0. The largest absolute Gasteiger partial charge is 0.495 e. The standard InChI is InChI=1S/C21H27N3O2/c1-25-19-6-4-3-5-18(19)23-11-13-24(14-12-23)21-17-9-10-22-15-16(17)7-8-20(21)26-2/h3-8,22H,9-15H2,1-2H3. The Labute approximate surface area is 155 Å². The lowest BCUT2D eigenvalue weighted by molar-refractivity contribution is 0.410. The number of hydrogen-bond donors (Lipinski definition) is 1. The number of piperazine rings is 1. The van der Waals surface area contributed by atoms with Gasteiger partial charge in [0.15, 0.2) is 0 Å². The van der Waals surface area contributed by atoms with Crippen molar-refractivity contribution in [3.05, 3.63) is 47.5 Å². The van der Waals surface area contributed by atoms with E-state index in [0.717, 1.165) is 57.2 Å². The highest BCUT2D eigenvalue weighted by atomic mass is 16.5. The van der Waals surface area contributed by atoms with E-state index in [9.17, 15) is 0 Å². The van der Waals surface area contributed by atoms with E-state index >= 15 is 0 Å². The number of nitrogens with one attached hydrogen (secondary N) is 1. The summed E-state index contributed by atoms with van der Waals surface area (Å²) in [4.78, 5) is 4.91. The summed E-state index contributed by atoms with van der Waals surface area (Å²) >= 11 is 0. The van der Waals surface area contributed by atoms with Crippen molar-refractivity contribution < 1.29 is 9.47 Å². The Morgan fingerprint density at radius 1 is 0.846 bits per heavy atom. The van der Waals surface area contributed by atoms with Crippen LogP contribution in [0, 0.1) is 0 Å². The van der Waals surface area contributed by atoms with Gasteiger partial charge in [-0.1, -0.05) is 18.2 Å². The fourth-order valence-corrected chi connectivity index (χ4v) is 4.11. The molecule has 5 nitrogen and oxygen atoms in total. The molecule has 2 aliphatic heterocycles. The second-order valence-electron chi connectivity index (χ2n) is 6.83. The molecule has 0 amide bonds. The van der Waals surface area contributed by atoms with Crippen molar-refractivity contribution in [3.63, 3.8) is 0 Å². The van der Waals surface area contributed by atoms with Gasteiger partial charge in [-0.25, -0.2) is 0 Å². The van der Waals surface area contributed by atoms with E-state index in [2.05, 4.69) is 39.4 Å². The Bertz CT molecular complexity index is 770. The molecule has 1 N–H and O–H groups in total. The number of rotatable bonds is 4. The summed E-state index contributed by atoms with van der Waals surface area (Å²) < 4.78 is 11.3.